The minimum absolute atomic E-state index is 0.0126. The van der Waals surface area contributed by atoms with Crippen molar-refractivity contribution >= 4 is 16.9 Å². The fourth-order valence-corrected chi connectivity index (χ4v) is 3.95. The maximum absolute atomic E-state index is 13.0. The summed E-state index contributed by atoms with van der Waals surface area (Å²) in [6.45, 7) is 7.73. The van der Waals surface area contributed by atoms with Gasteiger partial charge in [-0.15, -0.1) is 0 Å². The monoisotopic (exact) mass is 361 g/mol. The first-order valence-electron chi connectivity index (χ1n) is 9.75. The number of H-pyrrole nitrogens is 1. The number of benzene rings is 2. The zero-order chi connectivity index (χ0) is 19.0. The molecule has 0 radical (unpaired) electrons. The van der Waals surface area contributed by atoms with Gasteiger partial charge in [0.25, 0.3) is 0 Å². The predicted molar refractivity (Wildman–Crippen MR) is 110 cm³/mol. The molecule has 1 aromatic heterocycles. The number of amides is 2. The van der Waals surface area contributed by atoms with E-state index in [1.807, 2.05) is 4.90 Å². The Morgan fingerprint density at radius 3 is 2.67 bits per heavy atom. The number of aromatic nitrogens is 1. The molecule has 2 heterocycles. The molecule has 4 rings (SSSR count). The lowest BCUT2D eigenvalue weighted by Crippen LogP contribution is -2.46. The third-order valence-corrected chi connectivity index (χ3v) is 5.35. The fraction of sp³-hybridized carbons (Fsp3) is 0.348. The Kier molecular flexibility index (Phi) is 4.65. The van der Waals surface area contributed by atoms with Crippen LogP contribution in [0.5, 0.6) is 0 Å². The van der Waals surface area contributed by atoms with E-state index < -0.39 is 0 Å². The molecule has 0 fully saturated rings. The highest BCUT2D eigenvalue weighted by Crippen LogP contribution is 2.38. The largest absolute Gasteiger partial charge is 0.356 e. The van der Waals surface area contributed by atoms with Crippen LogP contribution < -0.4 is 5.32 Å². The molecule has 0 bridgehead atoms. The quantitative estimate of drug-likeness (QED) is 0.692. The number of nitrogens with one attached hydrogen (secondary N) is 2. The highest BCUT2D eigenvalue weighted by Gasteiger charge is 2.34. The molecule has 1 aliphatic rings. The fourth-order valence-electron chi connectivity index (χ4n) is 3.95. The summed E-state index contributed by atoms with van der Waals surface area (Å²) in [5, 5.41) is 4.37. The van der Waals surface area contributed by atoms with Gasteiger partial charge in [-0.2, -0.15) is 0 Å². The summed E-state index contributed by atoms with van der Waals surface area (Å²) < 4.78 is 0. The Morgan fingerprint density at radius 2 is 1.93 bits per heavy atom. The Labute approximate surface area is 160 Å². The van der Waals surface area contributed by atoms with Gasteiger partial charge in [-0.1, -0.05) is 61.9 Å². The van der Waals surface area contributed by atoms with Crippen LogP contribution in [0.3, 0.4) is 0 Å². The van der Waals surface area contributed by atoms with E-state index >= 15 is 0 Å². The maximum Gasteiger partial charge on any atom is 0.318 e. The molecule has 140 valence electrons. The molecule has 1 atom stereocenters. The van der Waals surface area contributed by atoms with Crippen molar-refractivity contribution in [2.24, 2.45) is 5.92 Å². The van der Waals surface area contributed by atoms with E-state index in [1.165, 1.54) is 16.5 Å². The van der Waals surface area contributed by atoms with Gasteiger partial charge in [-0.25, -0.2) is 4.79 Å². The first-order chi connectivity index (χ1) is 13.0. The number of aryl methyl sites for hydroxylation is 1. The summed E-state index contributed by atoms with van der Waals surface area (Å²) in [7, 11) is 0. The Morgan fingerprint density at radius 1 is 1.19 bits per heavy atom. The van der Waals surface area contributed by atoms with Gasteiger partial charge in [0.05, 0.1) is 6.04 Å². The van der Waals surface area contributed by atoms with Crippen LogP contribution in [0.1, 0.15) is 42.3 Å². The van der Waals surface area contributed by atoms with E-state index in [1.54, 1.807) is 0 Å². The molecular formula is C23H27N3O. The maximum atomic E-state index is 13.0. The summed E-state index contributed by atoms with van der Waals surface area (Å²) in [5.41, 5.74) is 5.99. The minimum atomic E-state index is -0.0890. The average molecular weight is 361 g/mol. The van der Waals surface area contributed by atoms with Gasteiger partial charge in [-0.05, 0) is 36.5 Å². The van der Waals surface area contributed by atoms with E-state index in [0.717, 1.165) is 29.7 Å². The van der Waals surface area contributed by atoms with Crippen molar-refractivity contribution in [2.45, 2.75) is 33.2 Å². The number of aromatic amines is 1. The van der Waals surface area contributed by atoms with E-state index in [4.69, 9.17) is 0 Å². The number of hydrogen-bond acceptors (Lipinski definition) is 1. The molecule has 0 aliphatic carbocycles. The Bertz CT molecular complexity index is 955. The van der Waals surface area contributed by atoms with Gasteiger partial charge in [-0.3, -0.25) is 0 Å². The number of carbonyl (C=O) groups excluding carboxylic acids is 1. The predicted octanol–water partition coefficient (Wildman–Crippen LogP) is 4.79. The molecule has 0 saturated heterocycles. The lowest BCUT2D eigenvalue weighted by Gasteiger charge is -2.36. The van der Waals surface area contributed by atoms with Crippen LogP contribution >= 0.6 is 0 Å². The molecule has 3 aromatic rings. The van der Waals surface area contributed by atoms with Gasteiger partial charge in [0.1, 0.15) is 0 Å². The summed E-state index contributed by atoms with van der Waals surface area (Å²) >= 11 is 0. The molecule has 0 spiro atoms. The SMILES string of the molecule is Cc1ccc([C@H]2c3[nH]c4ccccc4c3CCN2C(=O)NCC(C)C)cc1. The van der Waals surface area contributed by atoms with Crippen molar-refractivity contribution in [3.05, 3.63) is 70.9 Å². The van der Waals surface area contributed by atoms with Crippen molar-refractivity contribution in [1.82, 2.24) is 15.2 Å². The highest BCUT2D eigenvalue weighted by molar-refractivity contribution is 5.86. The minimum Gasteiger partial charge on any atom is -0.356 e. The second-order valence-corrected chi connectivity index (χ2v) is 7.90. The van der Waals surface area contributed by atoms with Crippen LogP contribution in [0.4, 0.5) is 4.79 Å². The number of carbonyl (C=O) groups is 1. The van der Waals surface area contributed by atoms with E-state index in [-0.39, 0.29) is 12.1 Å². The molecule has 2 aromatic carbocycles. The van der Waals surface area contributed by atoms with Gasteiger partial charge >= 0.3 is 6.03 Å². The van der Waals surface area contributed by atoms with Crippen molar-refractivity contribution in [3.8, 4) is 0 Å². The van der Waals surface area contributed by atoms with Crippen LogP contribution in [0, 0.1) is 12.8 Å². The molecule has 27 heavy (non-hydrogen) atoms. The van der Waals surface area contributed by atoms with Crippen LogP contribution in [0.25, 0.3) is 10.9 Å². The summed E-state index contributed by atoms with van der Waals surface area (Å²) in [4.78, 5) is 18.6. The molecule has 4 heteroatoms. The second kappa shape index (κ2) is 7.10. The molecular weight excluding hydrogens is 334 g/mol. The molecule has 4 nitrogen and oxygen atoms in total. The molecule has 2 amide bonds. The summed E-state index contributed by atoms with van der Waals surface area (Å²) in [6, 6.07) is 16.9. The lowest BCUT2D eigenvalue weighted by atomic mass is 9.92. The van der Waals surface area contributed by atoms with Gasteiger partial charge < -0.3 is 15.2 Å². The van der Waals surface area contributed by atoms with Gasteiger partial charge in [0, 0.05) is 29.7 Å². The number of hydrogen-bond donors (Lipinski definition) is 2. The number of rotatable bonds is 3. The molecule has 1 aliphatic heterocycles. The first kappa shape index (κ1) is 17.7. The number of para-hydroxylation sites is 1. The van der Waals surface area contributed by atoms with Gasteiger partial charge in [0.15, 0.2) is 0 Å². The van der Waals surface area contributed by atoms with E-state index in [0.29, 0.717) is 12.5 Å². The zero-order valence-electron chi connectivity index (χ0n) is 16.3. The van der Waals surface area contributed by atoms with E-state index in [2.05, 4.69) is 79.6 Å². The second-order valence-electron chi connectivity index (χ2n) is 7.90. The molecule has 2 N–H and O–H groups in total. The standard InChI is InChI=1S/C23H27N3O/c1-15(2)14-24-23(27)26-13-12-19-18-6-4-5-7-20(18)25-21(19)22(26)17-10-8-16(3)9-11-17/h4-11,15,22,25H,12-14H2,1-3H3,(H,24,27)/t22-/m0/s1. The number of nitrogens with zero attached hydrogens (tertiary/aromatic N) is 1. The van der Waals surface area contributed by atoms with Crippen LogP contribution in [-0.2, 0) is 6.42 Å². The Hall–Kier alpha value is -2.75. The van der Waals surface area contributed by atoms with E-state index in [9.17, 15) is 4.79 Å². The Balaban J connectivity index is 1.78. The summed E-state index contributed by atoms with van der Waals surface area (Å²) in [6.07, 6.45) is 0.872. The highest BCUT2D eigenvalue weighted by atomic mass is 16.2. The van der Waals surface area contributed by atoms with Crippen molar-refractivity contribution in [1.29, 1.82) is 0 Å². The van der Waals surface area contributed by atoms with Crippen molar-refractivity contribution in [2.75, 3.05) is 13.1 Å². The third-order valence-electron chi connectivity index (χ3n) is 5.35. The van der Waals surface area contributed by atoms with Gasteiger partial charge in [0.2, 0.25) is 0 Å². The summed E-state index contributed by atoms with van der Waals surface area (Å²) in [5.74, 6) is 0.431. The van der Waals surface area contributed by atoms with Crippen molar-refractivity contribution in [3.63, 3.8) is 0 Å². The normalized spacial score (nSPS) is 16.6. The third kappa shape index (κ3) is 3.32. The first-order valence-corrected chi connectivity index (χ1v) is 9.75. The zero-order valence-corrected chi connectivity index (χ0v) is 16.3. The topological polar surface area (TPSA) is 48.1 Å². The lowest BCUT2D eigenvalue weighted by molar-refractivity contribution is 0.178. The van der Waals surface area contributed by atoms with Crippen molar-refractivity contribution < 1.29 is 4.79 Å². The number of fused-ring (bicyclic) bond motifs is 3. The smallest absolute Gasteiger partial charge is 0.318 e. The number of urea groups is 1. The average Bonchev–Trinajstić information content (AvgIpc) is 3.05. The van der Waals surface area contributed by atoms with Crippen LogP contribution in [-0.4, -0.2) is 29.0 Å². The van der Waals surface area contributed by atoms with Crippen LogP contribution in [0.15, 0.2) is 48.5 Å². The molecule has 0 saturated carbocycles. The van der Waals surface area contributed by atoms with Crippen LogP contribution in [0.2, 0.25) is 0 Å². The molecule has 0 unspecified atom stereocenters.